The van der Waals surface area contributed by atoms with Crippen molar-refractivity contribution >= 4 is 0 Å². The molecule has 0 amide bonds. The molecule has 0 aliphatic rings. The molecule has 0 heterocycles. The zero-order valence-corrected chi connectivity index (χ0v) is 11.4. The van der Waals surface area contributed by atoms with Gasteiger partial charge < -0.3 is 14.2 Å². The maximum Gasteiger partial charge on any atom is 0.148 e. The van der Waals surface area contributed by atoms with E-state index in [0.29, 0.717) is 29.4 Å². The van der Waals surface area contributed by atoms with Crippen LogP contribution in [0.1, 0.15) is 12.5 Å². The Labute approximate surface area is 118 Å². The largest absolute Gasteiger partial charge is 0.497 e. The second-order valence-corrected chi connectivity index (χ2v) is 3.98. The number of ether oxygens (including phenoxy) is 3. The van der Waals surface area contributed by atoms with Gasteiger partial charge in [-0.1, -0.05) is 0 Å². The first kappa shape index (κ1) is 13.8. The van der Waals surface area contributed by atoms with Gasteiger partial charge in [-0.05, 0) is 43.3 Å². The summed E-state index contributed by atoms with van der Waals surface area (Å²) >= 11 is 0. The Morgan fingerprint density at radius 2 is 1.65 bits per heavy atom. The van der Waals surface area contributed by atoms with Crippen LogP contribution in [-0.4, -0.2) is 13.7 Å². The van der Waals surface area contributed by atoms with Gasteiger partial charge in [0.05, 0.1) is 19.3 Å². The molecule has 0 aliphatic carbocycles. The summed E-state index contributed by atoms with van der Waals surface area (Å²) in [5.41, 5.74) is 0.458. The van der Waals surface area contributed by atoms with Crippen molar-refractivity contribution in [1.82, 2.24) is 0 Å². The minimum atomic E-state index is 0.458. The molecule has 102 valence electrons. The molecule has 0 atom stereocenters. The lowest BCUT2D eigenvalue weighted by molar-refractivity contribution is 0.339. The Hall–Kier alpha value is -2.67. The van der Waals surface area contributed by atoms with Gasteiger partial charge in [-0.25, -0.2) is 0 Å². The van der Waals surface area contributed by atoms with Gasteiger partial charge in [0.2, 0.25) is 0 Å². The lowest BCUT2D eigenvalue weighted by Gasteiger charge is -2.10. The molecule has 2 rings (SSSR count). The second kappa shape index (κ2) is 6.48. The molecular formula is C16H15NO3. The lowest BCUT2D eigenvalue weighted by Crippen LogP contribution is -1.92. The molecule has 0 aromatic heterocycles. The molecule has 0 bridgehead atoms. The van der Waals surface area contributed by atoms with Crippen molar-refractivity contribution in [1.29, 1.82) is 5.26 Å². The van der Waals surface area contributed by atoms with Crippen LogP contribution in [0.4, 0.5) is 0 Å². The van der Waals surface area contributed by atoms with Gasteiger partial charge in [0.25, 0.3) is 0 Å². The van der Waals surface area contributed by atoms with Crippen LogP contribution in [-0.2, 0) is 0 Å². The molecule has 4 nitrogen and oxygen atoms in total. The third-order valence-electron chi connectivity index (χ3n) is 2.67. The molecule has 4 heteroatoms. The van der Waals surface area contributed by atoms with Gasteiger partial charge >= 0.3 is 0 Å². The molecule has 0 radical (unpaired) electrons. The van der Waals surface area contributed by atoms with Crippen LogP contribution >= 0.6 is 0 Å². The summed E-state index contributed by atoms with van der Waals surface area (Å²) < 4.78 is 16.2. The maximum atomic E-state index is 9.08. The highest BCUT2D eigenvalue weighted by molar-refractivity contribution is 5.49. The molecule has 0 N–H and O–H groups in total. The summed E-state index contributed by atoms with van der Waals surface area (Å²) in [6.07, 6.45) is 0. The highest BCUT2D eigenvalue weighted by atomic mass is 16.5. The Kier molecular flexibility index (Phi) is 4.46. The zero-order valence-electron chi connectivity index (χ0n) is 11.4. The summed E-state index contributed by atoms with van der Waals surface area (Å²) in [5, 5.41) is 9.08. The van der Waals surface area contributed by atoms with Crippen LogP contribution in [0.3, 0.4) is 0 Å². The van der Waals surface area contributed by atoms with Gasteiger partial charge in [-0.3, -0.25) is 0 Å². The highest BCUT2D eigenvalue weighted by Gasteiger charge is 2.07. The fourth-order valence-electron chi connectivity index (χ4n) is 1.70. The van der Waals surface area contributed by atoms with Crippen LogP contribution in [0, 0.1) is 11.3 Å². The van der Waals surface area contributed by atoms with Crippen molar-refractivity contribution in [2.45, 2.75) is 6.92 Å². The Balaban J connectivity index is 2.22. The van der Waals surface area contributed by atoms with Crippen LogP contribution in [0.2, 0.25) is 0 Å². The molecule has 0 saturated heterocycles. The van der Waals surface area contributed by atoms with Gasteiger partial charge in [-0.2, -0.15) is 5.26 Å². The SMILES string of the molecule is CCOc1ccc(Oc2cc(OC)ccc2C#N)cc1. The molecule has 2 aromatic carbocycles. The van der Waals surface area contributed by atoms with Crippen molar-refractivity contribution < 1.29 is 14.2 Å². The quantitative estimate of drug-likeness (QED) is 0.829. The third-order valence-corrected chi connectivity index (χ3v) is 2.67. The molecular weight excluding hydrogens is 254 g/mol. The first-order valence-electron chi connectivity index (χ1n) is 6.25. The summed E-state index contributed by atoms with van der Waals surface area (Å²) in [4.78, 5) is 0. The average Bonchev–Trinajstić information content (AvgIpc) is 2.49. The van der Waals surface area contributed by atoms with E-state index >= 15 is 0 Å². The maximum absolute atomic E-state index is 9.08. The van der Waals surface area contributed by atoms with Gasteiger partial charge in [0, 0.05) is 6.07 Å². The summed E-state index contributed by atoms with van der Waals surface area (Å²) in [5.74, 6) is 2.53. The van der Waals surface area contributed by atoms with Crippen LogP contribution in [0.15, 0.2) is 42.5 Å². The Bertz CT molecular complexity index is 615. The van der Waals surface area contributed by atoms with E-state index in [1.165, 1.54) is 0 Å². The van der Waals surface area contributed by atoms with E-state index in [4.69, 9.17) is 19.5 Å². The number of rotatable bonds is 5. The minimum absolute atomic E-state index is 0.458. The third kappa shape index (κ3) is 3.21. The molecule has 0 fully saturated rings. The number of benzene rings is 2. The zero-order chi connectivity index (χ0) is 14.4. The van der Waals surface area contributed by atoms with Crippen molar-refractivity contribution in [2.24, 2.45) is 0 Å². The average molecular weight is 269 g/mol. The van der Waals surface area contributed by atoms with Crippen LogP contribution < -0.4 is 14.2 Å². The summed E-state index contributed by atoms with van der Waals surface area (Å²) in [7, 11) is 1.57. The van der Waals surface area contributed by atoms with E-state index in [9.17, 15) is 0 Å². The Morgan fingerprint density at radius 1 is 1.00 bits per heavy atom. The van der Waals surface area contributed by atoms with E-state index < -0.39 is 0 Å². The van der Waals surface area contributed by atoms with Gasteiger partial charge in [-0.15, -0.1) is 0 Å². The topological polar surface area (TPSA) is 51.5 Å². The van der Waals surface area contributed by atoms with E-state index in [2.05, 4.69) is 6.07 Å². The summed E-state index contributed by atoms with van der Waals surface area (Å²) in [6, 6.07) is 14.4. The Morgan fingerprint density at radius 3 is 2.25 bits per heavy atom. The standard InChI is InChI=1S/C16H15NO3/c1-3-19-13-6-8-14(9-7-13)20-16-10-15(18-2)5-4-12(16)11-17/h4-10H,3H2,1-2H3. The smallest absolute Gasteiger partial charge is 0.148 e. The van der Waals surface area contributed by atoms with Crippen molar-refractivity contribution in [3.8, 4) is 29.1 Å². The number of hydrogen-bond acceptors (Lipinski definition) is 4. The fourth-order valence-corrected chi connectivity index (χ4v) is 1.70. The number of hydrogen-bond donors (Lipinski definition) is 0. The number of nitrogens with zero attached hydrogens (tertiary/aromatic N) is 1. The molecule has 0 aliphatic heterocycles. The lowest BCUT2D eigenvalue weighted by atomic mass is 10.2. The highest BCUT2D eigenvalue weighted by Crippen LogP contribution is 2.29. The molecule has 20 heavy (non-hydrogen) atoms. The van der Waals surface area contributed by atoms with E-state index in [1.54, 1.807) is 37.4 Å². The summed E-state index contributed by atoms with van der Waals surface area (Å²) in [6.45, 7) is 2.55. The normalized spacial score (nSPS) is 9.65. The predicted octanol–water partition coefficient (Wildman–Crippen LogP) is 3.76. The first-order chi connectivity index (χ1) is 9.76. The number of nitriles is 1. The number of methoxy groups -OCH3 is 1. The van der Waals surface area contributed by atoms with Crippen LogP contribution in [0.5, 0.6) is 23.0 Å². The van der Waals surface area contributed by atoms with Gasteiger partial charge in [0.15, 0.2) is 0 Å². The second-order valence-electron chi connectivity index (χ2n) is 3.98. The van der Waals surface area contributed by atoms with Crippen molar-refractivity contribution in [2.75, 3.05) is 13.7 Å². The van der Waals surface area contributed by atoms with E-state index in [-0.39, 0.29) is 0 Å². The van der Waals surface area contributed by atoms with Crippen LogP contribution in [0.25, 0.3) is 0 Å². The predicted molar refractivity (Wildman–Crippen MR) is 75.4 cm³/mol. The molecule has 0 spiro atoms. The molecule has 0 unspecified atom stereocenters. The molecule has 2 aromatic rings. The van der Waals surface area contributed by atoms with E-state index in [1.807, 2.05) is 19.1 Å². The van der Waals surface area contributed by atoms with Gasteiger partial charge in [0.1, 0.15) is 29.1 Å². The van der Waals surface area contributed by atoms with Crippen molar-refractivity contribution in [3.63, 3.8) is 0 Å². The minimum Gasteiger partial charge on any atom is -0.497 e. The fraction of sp³-hybridized carbons (Fsp3) is 0.188. The van der Waals surface area contributed by atoms with E-state index in [0.717, 1.165) is 5.75 Å². The monoisotopic (exact) mass is 269 g/mol. The molecule has 0 saturated carbocycles. The van der Waals surface area contributed by atoms with Crippen molar-refractivity contribution in [3.05, 3.63) is 48.0 Å². The first-order valence-corrected chi connectivity index (χ1v) is 6.25.